The average Bonchev–Trinajstić information content (AvgIpc) is 2.87. The van der Waals surface area contributed by atoms with Gasteiger partial charge in [0.1, 0.15) is 5.01 Å². The molecule has 1 fully saturated rings. The Kier molecular flexibility index (Phi) is 5.25. The van der Waals surface area contributed by atoms with E-state index < -0.39 is 0 Å². The second-order valence-corrected chi connectivity index (χ2v) is 8.42. The van der Waals surface area contributed by atoms with Gasteiger partial charge in [0, 0.05) is 17.1 Å². The summed E-state index contributed by atoms with van der Waals surface area (Å²) in [5, 5.41) is 5.13. The molecule has 2 nitrogen and oxygen atoms in total. The first kappa shape index (κ1) is 16.0. The standard InChI is InChI=1S/C17H30N2S/c1-6-13-11-18-16(20-13)12(2)19-15-10-8-7-9-14(15)17(3,4)5/h11-12,14-15,19H,6-10H2,1-5H3. The van der Waals surface area contributed by atoms with Crippen LogP contribution in [-0.4, -0.2) is 11.0 Å². The third-order valence-corrected chi connectivity index (χ3v) is 5.96. The maximum Gasteiger partial charge on any atom is 0.109 e. The van der Waals surface area contributed by atoms with Crippen LogP contribution in [0.1, 0.15) is 76.2 Å². The summed E-state index contributed by atoms with van der Waals surface area (Å²) in [6.07, 6.45) is 8.59. The summed E-state index contributed by atoms with van der Waals surface area (Å²) in [6.45, 7) is 11.6. The molecule has 2 rings (SSSR count). The monoisotopic (exact) mass is 294 g/mol. The van der Waals surface area contributed by atoms with Gasteiger partial charge < -0.3 is 5.32 Å². The molecule has 1 aromatic rings. The van der Waals surface area contributed by atoms with E-state index in [4.69, 9.17) is 0 Å². The van der Waals surface area contributed by atoms with Crippen molar-refractivity contribution in [2.24, 2.45) is 11.3 Å². The molecule has 0 bridgehead atoms. The molecule has 1 aromatic heterocycles. The fourth-order valence-electron chi connectivity index (χ4n) is 3.45. The summed E-state index contributed by atoms with van der Waals surface area (Å²) in [6, 6.07) is 1.03. The molecule has 0 spiro atoms. The Morgan fingerprint density at radius 3 is 2.65 bits per heavy atom. The lowest BCUT2D eigenvalue weighted by Gasteiger charge is -2.42. The molecule has 1 aliphatic rings. The number of aromatic nitrogens is 1. The highest BCUT2D eigenvalue weighted by molar-refractivity contribution is 7.11. The first-order chi connectivity index (χ1) is 9.41. The van der Waals surface area contributed by atoms with Crippen LogP contribution in [-0.2, 0) is 6.42 Å². The highest BCUT2D eigenvalue weighted by Gasteiger charge is 2.34. The number of thiazole rings is 1. The number of rotatable bonds is 4. The van der Waals surface area contributed by atoms with Crippen LogP contribution in [0.3, 0.4) is 0 Å². The van der Waals surface area contributed by atoms with Gasteiger partial charge in [-0.05, 0) is 37.5 Å². The van der Waals surface area contributed by atoms with E-state index in [9.17, 15) is 0 Å². The molecule has 0 radical (unpaired) electrons. The first-order valence-corrected chi connectivity index (χ1v) is 8.94. The van der Waals surface area contributed by atoms with Crippen LogP contribution in [0.25, 0.3) is 0 Å². The molecule has 3 unspecified atom stereocenters. The van der Waals surface area contributed by atoms with Crippen LogP contribution in [0.5, 0.6) is 0 Å². The van der Waals surface area contributed by atoms with Gasteiger partial charge in [0.15, 0.2) is 0 Å². The van der Waals surface area contributed by atoms with E-state index in [1.807, 2.05) is 17.5 Å². The van der Waals surface area contributed by atoms with E-state index in [1.165, 1.54) is 35.6 Å². The third kappa shape index (κ3) is 3.82. The highest BCUT2D eigenvalue weighted by atomic mass is 32.1. The lowest BCUT2D eigenvalue weighted by atomic mass is 9.69. The summed E-state index contributed by atoms with van der Waals surface area (Å²) in [5.41, 5.74) is 0.398. The van der Waals surface area contributed by atoms with E-state index in [0.717, 1.165) is 12.3 Å². The number of hydrogen-bond donors (Lipinski definition) is 1. The molecule has 3 heteroatoms. The molecule has 0 amide bonds. The Hall–Kier alpha value is -0.410. The van der Waals surface area contributed by atoms with Gasteiger partial charge in [-0.15, -0.1) is 11.3 Å². The third-order valence-electron chi connectivity index (χ3n) is 4.63. The lowest BCUT2D eigenvalue weighted by Crippen LogP contribution is -2.45. The van der Waals surface area contributed by atoms with Crippen LogP contribution in [0.4, 0.5) is 0 Å². The second kappa shape index (κ2) is 6.57. The van der Waals surface area contributed by atoms with E-state index in [2.05, 4.69) is 44.9 Å². The fraction of sp³-hybridized carbons (Fsp3) is 0.824. The van der Waals surface area contributed by atoms with Crippen LogP contribution >= 0.6 is 11.3 Å². The van der Waals surface area contributed by atoms with Gasteiger partial charge in [-0.2, -0.15) is 0 Å². The predicted octanol–water partition coefficient (Wildman–Crippen LogP) is 4.96. The number of nitrogens with zero attached hydrogens (tertiary/aromatic N) is 1. The average molecular weight is 295 g/mol. The van der Waals surface area contributed by atoms with Crippen molar-refractivity contribution in [1.29, 1.82) is 0 Å². The zero-order valence-corrected chi connectivity index (χ0v) is 14.5. The van der Waals surface area contributed by atoms with Gasteiger partial charge in [0.05, 0.1) is 6.04 Å². The highest BCUT2D eigenvalue weighted by Crippen LogP contribution is 2.39. The first-order valence-electron chi connectivity index (χ1n) is 8.12. The zero-order chi connectivity index (χ0) is 14.8. The van der Waals surface area contributed by atoms with Crippen molar-refractivity contribution < 1.29 is 0 Å². The minimum absolute atomic E-state index is 0.383. The zero-order valence-electron chi connectivity index (χ0n) is 13.7. The van der Waals surface area contributed by atoms with Crippen molar-refractivity contribution in [2.75, 3.05) is 0 Å². The molecular weight excluding hydrogens is 264 g/mol. The number of nitrogens with one attached hydrogen (secondary N) is 1. The molecule has 1 aliphatic carbocycles. The predicted molar refractivity (Wildman–Crippen MR) is 88.2 cm³/mol. The van der Waals surface area contributed by atoms with Crippen molar-refractivity contribution >= 4 is 11.3 Å². The maximum atomic E-state index is 4.60. The van der Waals surface area contributed by atoms with Crippen molar-refractivity contribution in [3.8, 4) is 0 Å². The summed E-state index contributed by atoms with van der Waals surface area (Å²) in [7, 11) is 0. The van der Waals surface area contributed by atoms with Crippen molar-refractivity contribution in [3.05, 3.63) is 16.1 Å². The molecule has 0 saturated heterocycles. The maximum absolute atomic E-state index is 4.60. The molecule has 1 N–H and O–H groups in total. The van der Waals surface area contributed by atoms with Gasteiger partial charge in [0.2, 0.25) is 0 Å². The van der Waals surface area contributed by atoms with Gasteiger partial charge in [-0.25, -0.2) is 4.98 Å². The number of aryl methyl sites for hydroxylation is 1. The van der Waals surface area contributed by atoms with Crippen molar-refractivity contribution in [2.45, 2.75) is 78.8 Å². The smallest absolute Gasteiger partial charge is 0.109 e. The quantitative estimate of drug-likeness (QED) is 0.849. The summed E-state index contributed by atoms with van der Waals surface area (Å²) < 4.78 is 0. The number of hydrogen-bond acceptors (Lipinski definition) is 3. The summed E-state index contributed by atoms with van der Waals surface area (Å²) in [5.74, 6) is 0.782. The van der Waals surface area contributed by atoms with Crippen LogP contribution in [0.15, 0.2) is 6.20 Å². The van der Waals surface area contributed by atoms with E-state index in [0.29, 0.717) is 17.5 Å². The van der Waals surface area contributed by atoms with Crippen LogP contribution < -0.4 is 5.32 Å². The van der Waals surface area contributed by atoms with Gasteiger partial charge in [-0.1, -0.05) is 40.5 Å². The Bertz CT molecular complexity index is 419. The minimum atomic E-state index is 0.383. The van der Waals surface area contributed by atoms with Crippen LogP contribution in [0, 0.1) is 11.3 Å². The molecule has 1 saturated carbocycles. The van der Waals surface area contributed by atoms with Crippen LogP contribution in [0.2, 0.25) is 0 Å². The fourth-order valence-corrected chi connectivity index (χ4v) is 4.31. The van der Waals surface area contributed by atoms with E-state index in [-0.39, 0.29) is 0 Å². The molecule has 3 atom stereocenters. The molecule has 0 aliphatic heterocycles. The Labute approximate surface area is 128 Å². The Morgan fingerprint density at radius 1 is 1.35 bits per heavy atom. The normalized spacial score (nSPS) is 25.6. The summed E-state index contributed by atoms with van der Waals surface area (Å²) in [4.78, 5) is 5.99. The van der Waals surface area contributed by atoms with Crippen molar-refractivity contribution in [3.63, 3.8) is 0 Å². The lowest BCUT2D eigenvalue weighted by molar-refractivity contribution is 0.124. The topological polar surface area (TPSA) is 24.9 Å². The minimum Gasteiger partial charge on any atom is -0.305 e. The summed E-state index contributed by atoms with van der Waals surface area (Å²) >= 11 is 1.86. The Morgan fingerprint density at radius 2 is 2.05 bits per heavy atom. The second-order valence-electron chi connectivity index (χ2n) is 7.27. The molecule has 1 heterocycles. The van der Waals surface area contributed by atoms with Gasteiger partial charge in [0.25, 0.3) is 0 Å². The molecule has 0 aromatic carbocycles. The molecule has 20 heavy (non-hydrogen) atoms. The SMILES string of the molecule is CCc1cnc(C(C)NC2CCCCC2C(C)(C)C)s1. The van der Waals surface area contributed by atoms with Gasteiger partial charge >= 0.3 is 0 Å². The van der Waals surface area contributed by atoms with Gasteiger partial charge in [-0.3, -0.25) is 0 Å². The Balaban J connectivity index is 2.02. The van der Waals surface area contributed by atoms with E-state index in [1.54, 1.807) is 0 Å². The van der Waals surface area contributed by atoms with E-state index >= 15 is 0 Å². The van der Waals surface area contributed by atoms with Crippen molar-refractivity contribution in [1.82, 2.24) is 10.3 Å². The largest absolute Gasteiger partial charge is 0.305 e. The molecular formula is C17H30N2S. The molecule has 114 valence electrons.